The number of amides is 1. The second kappa shape index (κ2) is 8.27. The van der Waals surface area contributed by atoms with Crippen molar-refractivity contribution in [1.82, 2.24) is 4.98 Å². The van der Waals surface area contributed by atoms with Crippen LogP contribution in [-0.4, -0.2) is 10.9 Å². The Morgan fingerprint density at radius 1 is 0.962 bits per heavy atom. The number of ether oxygens (including phenoxy) is 1. The van der Waals surface area contributed by atoms with Gasteiger partial charge >= 0.3 is 0 Å². The summed E-state index contributed by atoms with van der Waals surface area (Å²) in [6.07, 6.45) is 1.80. The average Bonchev–Trinajstić information content (AvgIpc) is 2.68. The number of primary amides is 1. The number of hydrogen-bond acceptors (Lipinski definition) is 4. The average molecular weight is 347 g/mol. The molecule has 0 saturated carbocycles. The summed E-state index contributed by atoms with van der Waals surface area (Å²) in [5.74, 6) is 0.357. The molecule has 0 radical (unpaired) electrons. The highest BCUT2D eigenvalue weighted by Crippen LogP contribution is 2.23. The van der Waals surface area contributed by atoms with Crippen LogP contribution in [0.25, 0.3) is 0 Å². The van der Waals surface area contributed by atoms with E-state index in [9.17, 15) is 4.79 Å². The molecule has 5 heteroatoms. The molecule has 26 heavy (non-hydrogen) atoms. The zero-order chi connectivity index (χ0) is 18.4. The Bertz CT molecular complexity index is 864. The third-order valence-corrected chi connectivity index (χ3v) is 4.09. The molecule has 1 unspecified atom stereocenters. The first-order valence-corrected chi connectivity index (χ1v) is 8.46. The first-order valence-electron chi connectivity index (χ1n) is 8.46. The molecule has 0 bridgehead atoms. The zero-order valence-corrected chi connectivity index (χ0v) is 14.3. The van der Waals surface area contributed by atoms with E-state index in [2.05, 4.69) is 17.1 Å². The number of nitrogens with two attached hydrogens (primary N) is 2. The van der Waals surface area contributed by atoms with Gasteiger partial charge in [0.1, 0.15) is 11.4 Å². The van der Waals surface area contributed by atoms with Crippen LogP contribution in [0.4, 0.5) is 0 Å². The van der Waals surface area contributed by atoms with Crippen LogP contribution in [-0.2, 0) is 6.42 Å². The summed E-state index contributed by atoms with van der Waals surface area (Å²) < 4.78 is 5.67. The summed E-state index contributed by atoms with van der Waals surface area (Å²) in [5, 5.41) is 0. The van der Waals surface area contributed by atoms with Gasteiger partial charge in [-0.25, -0.2) is 4.98 Å². The van der Waals surface area contributed by atoms with E-state index in [1.54, 1.807) is 18.2 Å². The first-order chi connectivity index (χ1) is 12.6. The Balaban J connectivity index is 1.61. The van der Waals surface area contributed by atoms with E-state index in [0.29, 0.717) is 11.6 Å². The summed E-state index contributed by atoms with van der Waals surface area (Å²) >= 11 is 0. The number of hydrogen-bond donors (Lipinski definition) is 2. The Hall–Kier alpha value is -3.18. The highest BCUT2D eigenvalue weighted by atomic mass is 16.5. The van der Waals surface area contributed by atoms with Crippen molar-refractivity contribution in [1.29, 1.82) is 0 Å². The lowest BCUT2D eigenvalue weighted by atomic mass is 10.00. The van der Waals surface area contributed by atoms with Crippen molar-refractivity contribution in [2.45, 2.75) is 18.9 Å². The van der Waals surface area contributed by atoms with Crippen molar-refractivity contribution >= 4 is 5.91 Å². The van der Waals surface area contributed by atoms with Crippen molar-refractivity contribution in [3.05, 3.63) is 89.6 Å². The molecule has 5 nitrogen and oxygen atoms in total. The molecule has 4 N–H and O–H groups in total. The van der Waals surface area contributed by atoms with Gasteiger partial charge in [-0.3, -0.25) is 4.79 Å². The largest absolute Gasteiger partial charge is 0.439 e. The van der Waals surface area contributed by atoms with Gasteiger partial charge in [0.15, 0.2) is 0 Å². The van der Waals surface area contributed by atoms with E-state index in [1.807, 2.05) is 42.5 Å². The molecule has 1 amide bonds. The van der Waals surface area contributed by atoms with Crippen LogP contribution in [0.5, 0.6) is 11.6 Å². The van der Waals surface area contributed by atoms with Gasteiger partial charge in [0.2, 0.25) is 5.88 Å². The van der Waals surface area contributed by atoms with Gasteiger partial charge in [0, 0.05) is 12.1 Å². The molecule has 3 aromatic rings. The molecular formula is C21H21N3O2. The quantitative estimate of drug-likeness (QED) is 0.683. The lowest BCUT2D eigenvalue weighted by Crippen LogP contribution is -2.13. The number of carbonyl (C=O) groups excluding carboxylic acids is 1. The minimum atomic E-state index is -0.588. The molecule has 1 atom stereocenters. The van der Waals surface area contributed by atoms with Gasteiger partial charge in [-0.1, -0.05) is 48.5 Å². The van der Waals surface area contributed by atoms with Gasteiger partial charge in [-0.15, -0.1) is 0 Å². The third-order valence-electron chi connectivity index (χ3n) is 4.09. The van der Waals surface area contributed by atoms with Crippen LogP contribution in [0.2, 0.25) is 0 Å². The molecule has 0 aliphatic heterocycles. The molecule has 2 aromatic carbocycles. The summed E-state index contributed by atoms with van der Waals surface area (Å²) in [6, 6.07) is 22.7. The van der Waals surface area contributed by atoms with Crippen molar-refractivity contribution in [3.8, 4) is 11.6 Å². The monoisotopic (exact) mass is 347 g/mol. The zero-order valence-electron chi connectivity index (χ0n) is 14.3. The molecule has 0 aliphatic rings. The summed E-state index contributed by atoms with van der Waals surface area (Å²) in [5.41, 5.74) is 14.0. The number of pyridine rings is 1. The molecule has 0 fully saturated rings. The van der Waals surface area contributed by atoms with E-state index < -0.39 is 5.91 Å². The van der Waals surface area contributed by atoms with Crippen molar-refractivity contribution in [3.63, 3.8) is 0 Å². The van der Waals surface area contributed by atoms with Gasteiger partial charge in [-0.2, -0.15) is 0 Å². The number of rotatable bonds is 7. The molecule has 1 heterocycles. The second-order valence-corrected chi connectivity index (χ2v) is 6.03. The Kier molecular flexibility index (Phi) is 5.61. The van der Waals surface area contributed by atoms with Gasteiger partial charge < -0.3 is 16.2 Å². The first kappa shape index (κ1) is 17.6. The lowest BCUT2D eigenvalue weighted by Gasteiger charge is -2.13. The Morgan fingerprint density at radius 2 is 1.69 bits per heavy atom. The number of aryl methyl sites for hydroxylation is 1. The summed E-state index contributed by atoms with van der Waals surface area (Å²) in [4.78, 5) is 15.2. The van der Waals surface area contributed by atoms with E-state index in [-0.39, 0.29) is 11.7 Å². The van der Waals surface area contributed by atoms with Crippen LogP contribution < -0.4 is 16.2 Å². The summed E-state index contributed by atoms with van der Waals surface area (Å²) in [6.45, 7) is 0. The number of nitrogens with zero attached hydrogens (tertiary/aromatic N) is 1. The highest BCUT2D eigenvalue weighted by molar-refractivity contribution is 5.90. The molecular weight excluding hydrogens is 326 g/mol. The number of carbonyl (C=O) groups is 1. The summed E-state index contributed by atoms with van der Waals surface area (Å²) in [7, 11) is 0. The minimum Gasteiger partial charge on any atom is -0.439 e. The van der Waals surface area contributed by atoms with Crippen LogP contribution in [0.1, 0.15) is 34.1 Å². The van der Waals surface area contributed by atoms with Crippen molar-refractivity contribution in [2.75, 3.05) is 0 Å². The van der Waals surface area contributed by atoms with Crippen LogP contribution >= 0.6 is 0 Å². The SMILES string of the molecule is NC(=O)c1cccc(Oc2ccc(C(N)CCc3ccccc3)cc2)n1. The topological polar surface area (TPSA) is 91.2 Å². The van der Waals surface area contributed by atoms with E-state index in [4.69, 9.17) is 16.2 Å². The maximum atomic E-state index is 11.2. The Morgan fingerprint density at radius 3 is 2.38 bits per heavy atom. The highest BCUT2D eigenvalue weighted by Gasteiger charge is 2.08. The van der Waals surface area contributed by atoms with Crippen LogP contribution in [0.3, 0.4) is 0 Å². The third kappa shape index (κ3) is 4.68. The Labute approximate surface area is 152 Å². The van der Waals surface area contributed by atoms with Gasteiger partial charge in [-0.05, 0) is 42.2 Å². The van der Waals surface area contributed by atoms with Gasteiger partial charge in [0.25, 0.3) is 5.91 Å². The minimum absolute atomic E-state index is 0.0411. The molecule has 3 rings (SSSR count). The van der Waals surface area contributed by atoms with E-state index >= 15 is 0 Å². The fourth-order valence-corrected chi connectivity index (χ4v) is 2.65. The van der Waals surface area contributed by atoms with Gasteiger partial charge in [0.05, 0.1) is 0 Å². The predicted octanol–water partition coefficient (Wildman–Crippen LogP) is 3.61. The normalized spacial score (nSPS) is 11.7. The van der Waals surface area contributed by atoms with Crippen LogP contribution in [0.15, 0.2) is 72.8 Å². The number of aromatic nitrogens is 1. The molecule has 0 saturated heterocycles. The van der Waals surface area contributed by atoms with E-state index in [1.165, 1.54) is 5.56 Å². The van der Waals surface area contributed by atoms with Crippen molar-refractivity contribution in [2.24, 2.45) is 11.5 Å². The molecule has 0 aliphatic carbocycles. The van der Waals surface area contributed by atoms with Crippen LogP contribution in [0, 0.1) is 0 Å². The molecule has 132 valence electrons. The molecule has 1 aromatic heterocycles. The maximum Gasteiger partial charge on any atom is 0.267 e. The predicted molar refractivity (Wildman–Crippen MR) is 101 cm³/mol. The molecule has 0 spiro atoms. The van der Waals surface area contributed by atoms with E-state index in [0.717, 1.165) is 18.4 Å². The smallest absolute Gasteiger partial charge is 0.267 e. The number of benzene rings is 2. The standard InChI is InChI=1S/C21H21N3O2/c22-18(14-9-15-5-2-1-3-6-15)16-10-12-17(13-11-16)26-20-8-4-7-19(24-20)21(23)25/h1-8,10-13,18H,9,14,22H2,(H2,23,25). The fourth-order valence-electron chi connectivity index (χ4n) is 2.65. The lowest BCUT2D eigenvalue weighted by molar-refractivity contribution is 0.0995. The second-order valence-electron chi connectivity index (χ2n) is 6.03. The fraction of sp³-hybridized carbons (Fsp3) is 0.143. The maximum absolute atomic E-state index is 11.2. The van der Waals surface area contributed by atoms with Crippen molar-refractivity contribution < 1.29 is 9.53 Å².